The van der Waals surface area contributed by atoms with Crippen molar-refractivity contribution in [2.45, 2.75) is 20.5 Å². The van der Waals surface area contributed by atoms with Crippen LogP contribution in [0.15, 0.2) is 71.7 Å². The first-order chi connectivity index (χ1) is 16.4. The monoisotopic (exact) mass is 451 g/mol. The van der Waals surface area contributed by atoms with Crippen LogP contribution in [-0.4, -0.2) is 24.9 Å². The highest BCUT2D eigenvalue weighted by molar-refractivity contribution is 5.85. The maximum absolute atomic E-state index is 13.2. The lowest BCUT2D eigenvalue weighted by Crippen LogP contribution is -2.19. The number of fused-ring (bicyclic) bond motifs is 1. The minimum Gasteiger partial charge on any atom is -0.392 e. The number of hydrogen-bond acceptors (Lipinski definition) is 5. The van der Waals surface area contributed by atoms with E-state index in [2.05, 4.69) is 20.5 Å². The quantitative estimate of drug-likeness (QED) is 0.355. The Morgan fingerprint density at radius 2 is 1.79 bits per heavy atom. The highest BCUT2D eigenvalue weighted by atomic mass is 16.3. The number of nitrogens with zero attached hydrogens (tertiary/aromatic N) is 3. The van der Waals surface area contributed by atoms with Crippen molar-refractivity contribution in [3.8, 4) is 22.4 Å². The summed E-state index contributed by atoms with van der Waals surface area (Å²) < 4.78 is 1.68. The molecule has 170 valence electrons. The second-order valence-electron chi connectivity index (χ2n) is 8.48. The van der Waals surface area contributed by atoms with Crippen molar-refractivity contribution < 1.29 is 5.11 Å². The number of aryl methyl sites for hydroxylation is 3. The van der Waals surface area contributed by atoms with E-state index < -0.39 is 0 Å². The standard InChI is InChI=1S/C27H25N5O2/c1-16-4-9-21(29-26-13-24(30-31-26)19-7-5-18(15-33)6-8-19)12-22(16)23-11-20-14-28-17(2)10-25(20)32(3)27(23)34/h4-14,33H,15H2,1-3H3,(H2,29,30,31). The molecule has 5 aromatic rings. The maximum atomic E-state index is 13.2. The Morgan fingerprint density at radius 1 is 1.00 bits per heavy atom. The zero-order chi connectivity index (χ0) is 23.8. The lowest BCUT2D eigenvalue weighted by atomic mass is 9.99. The Bertz CT molecular complexity index is 1570. The summed E-state index contributed by atoms with van der Waals surface area (Å²) in [6.45, 7) is 3.93. The van der Waals surface area contributed by atoms with Crippen LogP contribution in [0.1, 0.15) is 16.8 Å². The van der Waals surface area contributed by atoms with E-state index in [1.54, 1.807) is 11.6 Å². The van der Waals surface area contributed by atoms with E-state index >= 15 is 0 Å². The summed E-state index contributed by atoms with van der Waals surface area (Å²) in [5, 5.41) is 20.9. The number of pyridine rings is 2. The van der Waals surface area contributed by atoms with E-state index in [4.69, 9.17) is 0 Å². The van der Waals surface area contributed by atoms with Gasteiger partial charge in [-0.3, -0.25) is 14.9 Å². The highest BCUT2D eigenvalue weighted by Crippen LogP contribution is 2.29. The van der Waals surface area contributed by atoms with Crippen molar-refractivity contribution in [1.29, 1.82) is 0 Å². The molecule has 7 heteroatoms. The van der Waals surface area contributed by atoms with Gasteiger partial charge in [-0.1, -0.05) is 30.3 Å². The van der Waals surface area contributed by atoms with Crippen molar-refractivity contribution in [3.05, 3.63) is 94.0 Å². The molecule has 3 heterocycles. The van der Waals surface area contributed by atoms with E-state index in [1.807, 2.05) is 80.7 Å². The largest absolute Gasteiger partial charge is 0.392 e. The number of benzene rings is 2. The van der Waals surface area contributed by atoms with Gasteiger partial charge in [-0.25, -0.2) is 0 Å². The first kappa shape index (κ1) is 21.6. The van der Waals surface area contributed by atoms with Crippen molar-refractivity contribution in [2.24, 2.45) is 7.05 Å². The van der Waals surface area contributed by atoms with Crippen molar-refractivity contribution in [3.63, 3.8) is 0 Å². The Kier molecular flexibility index (Phi) is 5.47. The first-order valence-corrected chi connectivity index (χ1v) is 11.0. The Balaban J connectivity index is 1.48. The van der Waals surface area contributed by atoms with E-state index in [0.29, 0.717) is 11.4 Å². The number of aromatic nitrogens is 4. The lowest BCUT2D eigenvalue weighted by molar-refractivity contribution is 0.282. The minimum absolute atomic E-state index is 0.0162. The summed E-state index contributed by atoms with van der Waals surface area (Å²) in [5.41, 5.74) is 7.73. The number of hydrogen-bond donors (Lipinski definition) is 3. The lowest BCUT2D eigenvalue weighted by Gasteiger charge is -2.13. The normalized spacial score (nSPS) is 11.2. The molecular weight excluding hydrogens is 426 g/mol. The van der Waals surface area contributed by atoms with Crippen LogP contribution in [0.3, 0.4) is 0 Å². The Hall–Kier alpha value is -4.23. The van der Waals surface area contributed by atoms with E-state index in [0.717, 1.165) is 50.2 Å². The number of anilines is 2. The second-order valence-corrected chi connectivity index (χ2v) is 8.48. The number of H-pyrrole nitrogens is 1. The minimum atomic E-state index is -0.0493. The molecule has 5 rings (SSSR count). The molecule has 0 fully saturated rings. The van der Waals surface area contributed by atoms with Crippen LogP contribution in [0, 0.1) is 13.8 Å². The molecule has 0 spiro atoms. The number of aromatic amines is 1. The van der Waals surface area contributed by atoms with Crippen molar-refractivity contribution in [1.82, 2.24) is 19.7 Å². The zero-order valence-electron chi connectivity index (χ0n) is 19.3. The fourth-order valence-electron chi connectivity index (χ4n) is 4.12. The number of nitrogens with one attached hydrogen (secondary N) is 2. The third-order valence-electron chi connectivity index (χ3n) is 6.07. The Morgan fingerprint density at radius 3 is 2.56 bits per heavy atom. The van der Waals surface area contributed by atoms with Gasteiger partial charge in [0.2, 0.25) is 0 Å². The van der Waals surface area contributed by atoms with Gasteiger partial charge in [-0.2, -0.15) is 5.10 Å². The van der Waals surface area contributed by atoms with Crippen molar-refractivity contribution >= 4 is 22.4 Å². The van der Waals surface area contributed by atoms with Crippen LogP contribution >= 0.6 is 0 Å². The van der Waals surface area contributed by atoms with Gasteiger partial charge in [0.25, 0.3) is 5.56 Å². The summed E-state index contributed by atoms with van der Waals surface area (Å²) >= 11 is 0. The van der Waals surface area contributed by atoms with Gasteiger partial charge in [0.05, 0.1) is 17.8 Å². The van der Waals surface area contributed by atoms with E-state index in [9.17, 15) is 9.90 Å². The van der Waals surface area contributed by atoms with Crippen LogP contribution in [0.2, 0.25) is 0 Å². The number of aliphatic hydroxyl groups excluding tert-OH is 1. The molecule has 3 N–H and O–H groups in total. The van der Waals surface area contributed by atoms with Crippen LogP contribution < -0.4 is 10.9 Å². The molecule has 0 aliphatic heterocycles. The summed E-state index contributed by atoms with van der Waals surface area (Å²) in [5.74, 6) is 0.669. The van der Waals surface area contributed by atoms with E-state index in [-0.39, 0.29) is 12.2 Å². The average Bonchev–Trinajstić information content (AvgIpc) is 3.31. The molecule has 2 aromatic carbocycles. The zero-order valence-corrected chi connectivity index (χ0v) is 19.3. The molecule has 3 aromatic heterocycles. The van der Waals surface area contributed by atoms with Gasteiger partial charge in [-0.05, 0) is 60.4 Å². The fraction of sp³-hybridized carbons (Fsp3) is 0.148. The highest BCUT2D eigenvalue weighted by Gasteiger charge is 2.13. The molecule has 0 amide bonds. The van der Waals surface area contributed by atoms with Gasteiger partial charge in [0.15, 0.2) is 5.82 Å². The van der Waals surface area contributed by atoms with Gasteiger partial charge < -0.3 is 15.0 Å². The topological polar surface area (TPSA) is 95.8 Å². The Labute approximate surface area is 196 Å². The molecular formula is C27H25N5O2. The fourth-order valence-corrected chi connectivity index (χ4v) is 4.12. The van der Waals surface area contributed by atoms with Gasteiger partial charge in [-0.15, -0.1) is 0 Å². The molecule has 0 aliphatic rings. The summed E-state index contributed by atoms with van der Waals surface area (Å²) in [6, 6.07) is 19.4. The molecule has 0 saturated heterocycles. The summed E-state index contributed by atoms with van der Waals surface area (Å²) in [4.78, 5) is 17.6. The SMILES string of the molecule is Cc1cc2c(cn1)cc(-c1cc(Nc3cc(-c4ccc(CO)cc4)[nH]n3)ccc1C)c(=O)n2C. The maximum Gasteiger partial charge on any atom is 0.258 e. The van der Waals surface area contributed by atoms with Crippen LogP contribution in [0.5, 0.6) is 0 Å². The van der Waals surface area contributed by atoms with Gasteiger partial charge >= 0.3 is 0 Å². The van der Waals surface area contributed by atoms with Gasteiger partial charge in [0.1, 0.15) is 0 Å². The predicted molar refractivity (Wildman–Crippen MR) is 135 cm³/mol. The number of aliphatic hydroxyl groups is 1. The van der Waals surface area contributed by atoms with Crippen molar-refractivity contribution in [2.75, 3.05) is 5.32 Å². The second kappa shape index (κ2) is 8.61. The molecule has 34 heavy (non-hydrogen) atoms. The molecule has 0 atom stereocenters. The average molecular weight is 452 g/mol. The molecule has 7 nitrogen and oxygen atoms in total. The van der Waals surface area contributed by atoms with E-state index in [1.165, 1.54) is 0 Å². The molecule has 0 bridgehead atoms. The number of rotatable bonds is 5. The third kappa shape index (κ3) is 3.97. The molecule has 0 radical (unpaired) electrons. The van der Waals surface area contributed by atoms with Gasteiger partial charge in [0, 0.05) is 41.6 Å². The molecule has 0 aliphatic carbocycles. The molecule has 0 saturated carbocycles. The summed E-state index contributed by atoms with van der Waals surface area (Å²) in [6.07, 6.45) is 1.81. The third-order valence-corrected chi connectivity index (χ3v) is 6.07. The van der Waals surface area contributed by atoms with Crippen LogP contribution in [-0.2, 0) is 13.7 Å². The first-order valence-electron chi connectivity index (χ1n) is 11.0. The summed E-state index contributed by atoms with van der Waals surface area (Å²) in [7, 11) is 1.80. The van der Waals surface area contributed by atoms with Crippen LogP contribution in [0.4, 0.5) is 11.5 Å². The molecule has 0 unspecified atom stereocenters. The smallest absolute Gasteiger partial charge is 0.258 e. The predicted octanol–water partition coefficient (Wildman–Crippen LogP) is 4.84. The van der Waals surface area contributed by atoms with Crippen LogP contribution in [0.25, 0.3) is 33.3 Å².